The molecule has 2 aromatic rings. The number of thiazole rings is 1. The van der Waals surface area contributed by atoms with Gasteiger partial charge in [0.05, 0.1) is 19.8 Å². The van der Waals surface area contributed by atoms with Crippen LogP contribution in [0.25, 0.3) is 4.96 Å². The first kappa shape index (κ1) is 23.7. The number of nitrogens with zero attached hydrogens (tertiary/aromatic N) is 3. The number of fused-ring (bicyclic) bond motifs is 3. The highest BCUT2D eigenvalue weighted by Gasteiger charge is 2.31. The van der Waals surface area contributed by atoms with Crippen molar-refractivity contribution in [2.75, 3.05) is 32.6 Å². The minimum absolute atomic E-state index is 0.0908. The third kappa shape index (κ3) is 4.60. The van der Waals surface area contributed by atoms with Crippen molar-refractivity contribution >= 4 is 44.1 Å². The van der Waals surface area contributed by atoms with Crippen LogP contribution in [-0.4, -0.2) is 73.2 Å². The summed E-state index contributed by atoms with van der Waals surface area (Å²) in [5, 5.41) is 1.54. The van der Waals surface area contributed by atoms with Crippen LogP contribution in [0.4, 0.5) is 4.79 Å². The number of amides is 2. The van der Waals surface area contributed by atoms with Crippen molar-refractivity contribution in [3.05, 3.63) is 26.5 Å². The predicted molar refractivity (Wildman–Crippen MR) is 113 cm³/mol. The highest BCUT2D eigenvalue weighted by atomic mass is 32.2. The van der Waals surface area contributed by atoms with Crippen molar-refractivity contribution in [3.63, 3.8) is 0 Å². The molecule has 32 heavy (non-hydrogen) atoms. The summed E-state index contributed by atoms with van der Waals surface area (Å²) in [4.78, 5) is 55.8. The number of nitrogens with one attached hydrogen (secondary N) is 1. The van der Waals surface area contributed by atoms with Gasteiger partial charge in [0.2, 0.25) is 0 Å². The molecule has 1 aliphatic heterocycles. The largest absolute Gasteiger partial charge is 0.465 e. The molecule has 1 N–H and O–H groups in total. The fourth-order valence-electron chi connectivity index (χ4n) is 3.24. The summed E-state index contributed by atoms with van der Waals surface area (Å²) in [7, 11) is -4.05. The first-order valence-electron chi connectivity index (χ1n) is 9.71. The Morgan fingerprint density at radius 1 is 1.19 bits per heavy atom. The van der Waals surface area contributed by atoms with Gasteiger partial charge in [0, 0.05) is 29.8 Å². The van der Waals surface area contributed by atoms with Gasteiger partial charge in [-0.15, -0.1) is 0 Å². The van der Waals surface area contributed by atoms with Crippen LogP contribution in [0.5, 0.6) is 0 Å². The molecular formula is C18H22N4O8S2. The van der Waals surface area contributed by atoms with Gasteiger partial charge >= 0.3 is 12.1 Å². The molecule has 0 atom stereocenters. The molecule has 0 radical (unpaired) electrons. The molecule has 3 heterocycles. The van der Waals surface area contributed by atoms with E-state index in [1.807, 2.05) is 0 Å². The molecule has 174 valence electrons. The van der Waals surface area contributed by atoms with E-state index < -0.39 is 50.5 Å². The molecule has 12 nitrogen and oxygen atoms in total. The summed E-state index contributed by atoms with van der Waals surface area (Å²) >= 11 is 1.06. The summed E-state index contributed by atoms with van der Waals surface area (Å²) in [6, 6.07) is 0. The molecule has 2 aromatic heterocycles. The normalized spacial score (nSPS) is 13.5. The third-order valence-corrected chi connectivity index (χ3v) is 6.65. The maximum atomic E-state index is 13.2. The summed E-state index contributed by atoms with van der Waals surface area (Å²) in [5.74, 6) is -1.78. The Hall–Kier alpha value is -3.00. The topological polar surface area (TPSA) is 153 Å². The summed E-state index contributed by atoms with van der Waals surface area (Å²) in [6.45, 7) is 3.52. The van der Waals surface area contributed by atoms with E-state index in [1.165, 1.54) is 9.30 Å². The molecule has 14 heteroatoms. The van der Waals surface area contributed by atoms with Gasteiger partial charge in [-0.1, -0.05) is 11.3 Å². The Kier molecular flexibility index (Phi) is 6.83. The molecule has 0 aliphatic carbocycles. The number of hydrogen-bond donors (Lipinski definition) is 1. The quantitative estimate of drug-likeness (QED) is 0.438. The maximum absolute atomic E-state index is 13.2. The Labute approximate surface area is 187 Å². The zero-order chi connectivity index (χ0) is 23.6. The van der Waals surface area contributed by atoms with Crippen molar-refractivity contribution in [2.45, 2.75) is 31.8 Å². The van der Waals surface area contributed by atoms with Gasteiger partial charge in [-0.2, -0.15) is 0 Å². The van der Waals surface area contributed by atoms with Crippen molar-refractivity contribution in [1.82, 2.24) is 19.6 Å². The summed E-state index contributed by atoms with van der Waals surface area (Å²) < 4.78 is 35.5. The second-order valence-corrected chi connectivity index (χ2v) is 9.81. The molecule has 0 spiro atoms. The van der Waals surface area contributed by atoms with Gasteiger partial charge in [0.1, 0.15) is 12.1 Å². The maximum Gasteiger partial charge on any atom is 0.410 e. The van der Waals surface area contributed by atoms with Crippen LogP contribution in [0.15, 0.2) is 9.82 Å². The number of ether oxygens (including phenoxy) is 2. The number of carbonyl (C=O) groups excluding carboxylic acids is 3. The zero-order valence-electron chi connectivity index (χ0n) is 17.7. The second-order valence-electron chi connectivity index (χ2n) is 6.82. The van der Waals surface area contributed by atoms with Gasteiger partial charge in [0.25, 0.3) is 11.5 Å². The lowest BCUT2D eigenvalue weighted by atomic mass is 10.2. The molecule has 0 bridgehead atoms. The van der Waals surface area contributed by atoms with Crippen molar-refractivity contribution in [1.29, 1.82) is 0 Å². The van der Waals surface area contributed by atoms with Crippen LogP contribution in [0.2, 0.25) is 0 Å². The molecule has 3 rings (SSSR count). The molecular weight excluding hydrogens is 464 g/mol. The van der Waals surface area contributed by atoms with E-state index in [0.717, 1.165) is 17.6 Å². The molecule has 1 aliphatic rings. The Bertz CT molecular complexity index is 1250. The van der Waals surface area contributed by atoms with E-state index in [2.05, 4.69) is 10.3 Å². The number of esters is 1. The van der Waals surface area contributed by atoms with E-state index >= 15 is 0 Å². The zero-order valence-corrected chi connectivity index (χ0v) is 19.3. The van der Waals surface area contributed by atoms with Crippen LogP contribution in [-0.2, 0) is 37.1 Å². The molecule has 2 amide bonds. The van der Waals surface area contributed by atoms with Crippen molar-refractivity contribution in [3.8, 4) is 0 Å². The minimum Gasteiger partial charge on any atom is -0.465 e. The lowest BCUT2D eigenvalue weighted by Crippen LogP contribution is -2.39. The fraction of sp³-hybridized carbons (Fsp3) is 0.500. The van der Waals surface area contributed by atoms with E-state index in [1.54, 1.807) is 13.8 Å². The minimum atomic E-state index is -4.05. The Morgan fingerprint density at radius 3 is 2.50 bits per heavy atom. The first-order valence-corrected chi connectivity index (χ1v) is 12.4. The number of carbonyl (C=O) groups is 3. The SMILES string of the molecule is CCOC(=O)CNC(=O)c1c(S(C)(=O)=O)nc2sc3c(n2c1=O)CCN(C(=O)OCC)C3. The van der Waals surface area contributed by atoms with Crippen LogP contribution in [0.3, 0.4) is 0 Å². The summed E-state index contributed by atoms with van der Waals surface area (Å²) in [6.07, 6.45) is 0.633. The van der Waals surface area contributed by atoms with Crippen LogP contribution < -0.4 is 10.9 Å². The van der Waals surface area contributed by atoms with Gasteiger partial charge in [0.15, 0.2) is 19.8 Å². The first-order chi connectivity index (χ1) is 15.1. The molecule has 0 saturated carbocycles. The van der Waals surface area contributed by atoms with Crippen molar-refractivity contribution < 1.29 is 32.3 Å². The van der Waals surface area contributed by atoms with E-state index in [4.69, 9.17) is 9.47 Å². The molecule has 0 unspecified atom stereocenters. The van der Waals surface area contributed by atoms with E-state index in [0.29, 0.717) is 10.6 Å². The molecule has 0 fully saturated rings. The Balaban J connectivity index is 2.08. The van der Waals surface area contributed by atoms with Gasteiger partial charge in [-0.05, 0) is 13.8 Å². The number of aromatic nitrogens is 2. The van der Waals surface area contributed by atoms with Crippen LogP contribution >= 0.6 is 11.3 Å². The van der Waals surface area contributed by atoms with Gasteiger partial charge in [-0.25, -0.2) is 18.2 Å². The monoisotopic (exact) mass is 486 g/mol. The predicted octanol–water partition coefficient (Wildman–Crippen LogP) is -0.0330. The molecule has 0 saturated heterocycles. The second kappa shape index (κ2) is 9.24. The Morgan fingerprint density at radius 2 is 1.88 bits per heavy atom. The average molecular weight is 487 g/mol. The highest BCUT2D eigenvalue weighted by Crippen LogP contribution is 2.28. The van der Waals surface area contributed by atoms with Gasteiger partial charge in [-0.3, -0.25) is 18.8 Å². The summed E-state index contributed by atoms with van der Waals surface area (Å²) in [5.41, 5.74) is -0.996. The van der Waals surface area contributed by atoms with E-state index in [9.17, 15) is 27.6 Å². The lowest BCUT2D eigenvalue weighted by molar-refractivity contribution is -0.141. The van der Waals surface area contributed by atoms with E-state index in [-0.39, 0.29) is 37.7 Å². The lowest BCUT2D eigenvalue weighted by Gasteiger charge is -2.25. The number of hydrogen-bond acceptors (Lipinski definition) is 10. The smallest absolute Gasteiger partial charge is 0.410 e. The number of rotatable bonds is 6. The third-order valence-electron chi connectivity index (χ3n) is 4.58. The van der Waals surface area contributed by atoms with Crippen LogP contribution in [0.1, 0.15) is 34.8 Å². The average Bonchev–Trinajstić information content (AvgIpc) is 3.09. The molecule has 0 aromatic carbocycles. The van der Waals surface area contributed by atoms with Crippen molar-refractivity contribution in [2.24, 2.45) is 0 Å². The number of sulfone groups is 1. The highest BCUT2D eigenvalue weighted by molar-refractivity contribution is 7.90. The fourth-order valence-corrected chi connectivity index (χ4v) is 5.27. The standard InChI is InChI=1S/C18H22N4O8S2/c1-4-29-12(23)8-19-14(24)13-15(32(3,27)28)20-17-22(16(13)25)10-6-7-21(9-11(10)31-17)18(26)30-5-2/h4-9H2,1-3H3,(H,19,24). The van der Waals surface area contributed by atoms with Gasteiger partial charge < -0.3 is 19.7 Å². The van der Waals surface area contributed by atoms with Crippen LogP contribution in [0, 0.1) is 0 Å².